The van der Waals surface area contributed by atoms with Crippen LogP contribution in [0.15, 0.2) is 42.5 Å². The molecule has 1 atom stereocenters. The van der Waals surface area contributed by atoms with Gasteiger partial charge in [-0.3, -0.25) is 9.59 Å². The van der Waals surface area contributed by atoms with Crippen LogP contribution in [-0.2, 0) is 14.3 Å². The first kappa shape index (κ1) is 26.2. The molecule has 0 bridgehead atoms. The minimum absolute atomic E-state index is 0.0168. The molecular weight excluding hydrogens is 444 g/mol. The lowest BCUT2D eigenvalue weighted by Crippen LogP contribution is -2.42. The van der Waals surface area contributed by atoms with Crippen molar-refractivity contribution in [1.29, 1.82) is 0 Å². The van der Waals surface area contributed by atoms with Crippen LogP contribution in [0.1, 0.15) is 24.0 Å². The van der Waals surface area contributed by atoms with Crippen molar-refractivity contribution in [3.63, 3.8) is 0 Å². The summed E-state index contributed by atoms with van der Waals surface area (Å²) in [5.41, 5.74) is 7.36. The lowest BCUT2D eigenvalue weighted by atomic mass is 10.1. The number of carbonyl (C=O) groups excluding carboxylic acids is 2. The number of benzene rings is 2. The van der Waals surface area contributed by atoms with Gasteiger partial charge in [-0.1, -0.05) is 24.3 Å². The van der Waals surface area contributed by atoms with Gasteiger partial charge in [0, 0.05) is 12.5 Å². The van der Waals surface area contributed by atoms with E-state index < -0.39 is 24.1 Å². The Morgan fingerprint density at radius 1 is 0.971 bits per heavy atom. The molecule has 0 saturated carbocycles. The second kappa shape index (κ2) is 13.5. The largest absolute Gasteiger partial charge is 0.513 e. The highest BCUT2D eigenvalue weighted by molar-refractivity contribution is 5.82. The Morgan fingerprint density at radius 2 is 1.59 bits per heavy atom. The first-order valence-corrected chi connectivity index (χ1v) is 10.4. The van der Waals surface area contributed by atoms with Crippen LogP contribution in [0.25, 0.3) is 12.2 Å². The average molecular weight is 472 g/mol. The molecule has 0 spiro atoms. The predicted molar refractivity (Wildman–Crippen MR) is 125 cm³/mol. The molecule has 4 N–H and O–H groups in total. The Labute approximate surface area is 197 Å². The topological polar surface area (TPSA) is 146 Å². The number of nitrogens with one attached hydrogen (secondary N) is 1. The van der Waals surface area contributed by atoms with Gasteiger partial charge in [-0.15, -0.1) is 0 Å². The Kier molecular flexibility index (Phi) is 10.4. The molecule has 10 nitrogen and oxygen atoms in total. The van der Waals surface area contributed by atoms with E-state index in [9.17, 15) is 14.4 Å². The highest BCUT2D eigenvalue weighted by Crippen LogP contribution is 2.24. The van der Waals surface area contributed by atoms with Crippen LogP contribution in [0, 0.1) is 0 Å². The molecule has 1 amide bonds. The van der Waals surface area contributed by atoms with Crippen molar-refractivity contribution in [3.8, 4) is 17.2 Å². The van der Waals surface area contributed by atoms with Crippen molar-refractivity contribution in [2.75, 3.05) is 27.4 Å². The highest BCUT2D eigenvalue weighted by atomic mass is 16.7. The van der Waals surface area contributed by atoms with E-state index in [4.69, 9.17) is 29.8 Å². The third-order valence-corrected chi connectivity index (χ3v) is 4.55. The van der Waals surface area contributed by atoms with Crippen LogP contribution in [-0.4, -0.2) is 56.6 Å². The number of carbonyl (C=O) groups is 3. The van der Waals surface area contributed by atoms with E-state index in [0.717, 1.165) is 11.1 Å². The van der Waals surface area contributed by atoms with Crippen molar-refractivity contribution >= 4 is 30.2 Å². The maximum Gasteiger partial charge on any atom is 0.513 e. The zero-order valence-electron chi connectivity index (χ0n) is 19.0. The summed E-state index contributed by atoms with van der Waals surface area (Å²) in [5, 5.41) is 11.1. The van der Waals surface area contributed by atoms with Gasteiger partial charge in [0.1, 0.15) is 23.9 Å². The van der Waals surface area contributed by atoms with Gasteiger partial charge in [-0.2, -0.15) is 0 Å². The summed E-state index contributed by atoms with van der Waals surface area (Å²) in [5.74, 6) is 0.110. The molecule has 34 heavy (non-hydrogen) atoms. The molecule has 0 aliphatic carbocycles. The Balaban J connectivity index is 1.77. The summed E-state index contributed by atoms with van der Waals surface area (Å²) in [4.78, 5) is 34.0. The predicted octanol–water partition coefficient (Wildman–Crippen LogP) is 2.70. The summed E-state index contributed by atoms with van der Waals surface area (Å²) in [6.45, 7) is -0.103. The summed E-state index contributed by atoms with van der Waals surface area (Å²) in [7, 11) is 3.17. The van der Waals surface area contributed by atoms with Gasteiger partial charge in [0.15, 0.2) is 0 Å². The van der Waals surface area contributed by atoms with Gasteiger partial charge in [-0.05, 0) is 41.8 Å². The maximum absolute atomic E-state index is 11.8. The van der Waals surface area contributed by atoms with Crippen molar-refractivity contribution in [3.05, 3.63) is 53.6 Å². The molecule has 2 aromatic carbocycles. The lowest BCUT2D eigenvalue weighted by molar-refractivity contribution is -0.137. The zero-order chi connectivity index (χ0) is 24.9. The number of hydrogen-bond donors (Lipinski definition) is 3. The first-order chi connectivity index (χ1) is 16.3. The number of rotatable bonds is 12. The number of amides is 1. The molecule has 0 saturated heterocycles. The quantitative estimate of drug-likeness (QED) is 0.184. The number of nitrogens with two attached hydrogens (primary N) is 1. The Bertz CT molecular complexity index is 982. The average Bonchev–Trinajstić information content (AvgIpc) is 2.84. The van der Waals surface area contributed by atoms with E-state index in [1.807, 2.05) is 24.3 Å². The molecular formula is C24H28N2O8. The van der Waals surface area contributed by atoms with Gasteiger partial charge in [-0.25, -0.2) is 4.79 Å². The van der Waals surface area contributed by atoms with Crippen LogP contribution >= 0.6 is 0 Å². The summed E-state index contributed by atoms with van der Waals surface area (Å²) >= 11 is 0. The van der Waals surface area contributed by atoms with E-state index >= 15 is 0 Å². The molecule has 0 heterocycles. The molecule has 0 radical (unpaired) electrons. The molecule has 0 aromatic heterocycles. The molecule has 0 aliphatic heterocycles. The fourth-order valence-electron chi connectivity index (χ4n) is 2.74. The molecule has 2 rings (SSSR count). The fraction of sp³-hybridized carbons (Fsp3) is 0.292. The molecule has 0 fully saturated rings. The normalized spacial score (nSPS) is 11.5. The monoisotopic (exact) mass is 472 g/mol. The molecule has 182 valence electrons. The Hall–Kier alpha value is -4.05. The van der Waals surface area contributed by atoms with Crippen LogP contribution in [0.4, 0.5) is 4.79 Å². The van der Waals surface area contributed by atoms with E-state index in [0.29, 0.717) is 17.2 Å². The number of ether oxygens (including phenoxy) is 4. The standard InChI is InChI=1S/C24H28N2O8/c1-31-19-13-17(14-20(15-19)32-2)4-3-16-5-7-18(8-6-16)34-24(30)33-12-11-26-23(29)21(25)9-10-22(27)28/h3-8,13-15,21H,9-12,25H2,1-2H3,(H,26,29)(H,27,28). The number of hydrogen-bond acceptors (Lipinski definition) is 8. The molecule has 10 heteroatoms. The SMILES string of the molecule is COc1cc(C=Cc2ccc(OC(=O)OCCNC(=O)C(N)CCC(=O)O)cc2)cc(OC)c1. The van der Waals surface area contributed by atoms with Crippen LogP contribution in [0.3, 0.4) is 0 Å². The maximum atomic E-state index is 11.8. The fourth-order valence-corrected chi connectivity index (χ4v) is 2.74. The minimum Gasteiger partial charge on any atom is -0.497 e. The smallest absolute Gasteiger partial charge is 0.497 e. The van der Waals surface area contributed by atoms with Crippen molar-refractivity contribution in [2.45, 2.75) is 18.9 Å². The Morgan fingerprint density at radius 3 is 2.18 bits per heavy atom. The van der Waals surface area contributed by atoms with E-state index in [-0.39, 0.29) is 26.0 Å². The number of carboxylic acid groups (broad SMARTS) is 1. The number of aliphatic carboxylic acids is 1. The van der Waals surface area contributed by atoms with Gasteiger partial charge >= 0.3 is 12.1 Å². The molecule has 1 unspecified atom stereocenters. The second-order valence-electron chi connectivity index (χ2n) is 7.08. The van der Waals surface area contributed by atoms with Crippen molar-refractivity contribution in [1.82, 2.24) is 5.32 Å². The first-order valence-electron chi connectivity index (χ1n) is 10.4. The minimum atomic E-state index is -1.03. The number of carboxylic acids is 1. The lowest BCUT2D eigenvalue weighted by Gasteiger charge is -2.11. The highest BCUT2D eigenvalue weighted by Gasteiger charge is 2.14. The van der Waals surface area contributed by atoms with Crippen molar-refractivity contribution < 1.29 is 38.4 Å². The molecule has 2 aromatic rings. The van der Waals surface area contributed by atoms with E-state index in [1.54, 1.807) is 44.6 Å². The van der Waals surface area contributed by atoms with Crippen LogP contribution in [0.5, 0.6) is 17.2 Å². The third-order valence-electron chi connectivity index (χ3n) is 4.55. The van der Waals surface area contributed by atoms with Crippen LogP contribution < -0.4 is 25.3 Å². The van der Waals surface area contributed by atoms with Gasteiger partial charge in [0.05, 0.1) is 26.8 Å². The third kappa shape index (κ3) is 9.21. The van der Waals surface area contributed by atoms with Gasteiger partial charge in [0.2, 0.25) is 5.91 Å². The summed E-state index contributed by atoms with van der Waals surface area (Å²) in [6, 6.07) is 11.4. The van der Waals surface area contributed by atoms with Crippen LogP contribution in [0.2, 0.25) is 0 Å². The summed E-state index contributed by atoms with van der Waals surface area (Å²) < 4.78 is 20.5. The van der Waals surface area contributed by atoms with E-state index in [2.05, 4.69) is 5.32 Å². The van der Waals surface area contributed by atoms with Gasteiger partial charge in [0.25, 0.3) is 0 Å². The van der Waals surface area contributed by atoms with Crippen molar-refractivity contribution in [2.24, 2.45) is 5.73 Å². The zero-order valence-corrected chi connectivity index (χ0v) is 19.0. The number of methoxy groups -OCH3 is 2. The van der Waals surface area contributed by atoms with Gasteiger partial charge < -0.3 is 35.1 Å². The van der Waals surface area contributed by atoms with E-state index in [1.165, 1.54) is 0 Å². The summed E-state index contributed by atoms with van der Waals surface area (Å²) in [6.07, 6.45) is 2.68. The second-order valence-corrected chi connectivity index (χ2v) is 7.08. The molecule has 0 aliphatic rings.